The molecule has 2 unspecified atom stereocenters. The summed E-state index contributed by atoms with van der Waals surface area (Å²) in [7, 11) is 0. The van der Waals surface area contributed by atoms with Crippen molar-refractivity contribution in [2.45, 2.75) is 32.2 Å². The molecule has 1 aliphatic heterocycles. The number of nitrogens with two attached hydrogens (primary N) is 1. The van der Waals surface area contributed by atoms with Gasteiger partial charge in [0.15, 0.2) is 0 Å². The lowest BCUT2D eigenvalue weighted by molar-refractivity contribution is 0.122. The lowest BCUT2D eigenvalue weighted by atomic mass is 9.93. The molecule has 4 heteroatoms. The first-order valence-electron chi connectivity index (χ1n) is 7.04. The second-order valence-electron chi connectivity index (χ2n) is 5.33. The van der Waals surface area contributed by atoms with E-state index < -0.39 is 11.6 Å². The van der Waals surface area contributed by atoms with Gasteiger partial charge in [0.2, 0.25) is 0 Å². The van der Waals surface area contributed by atoms with Gasteiger partial charge in [0.25, 0.3) is 0 Å². The standard InChI is InChI=1S/C15H22F2N2/c1-2-11-4-3-7-19(10-11)15(9-18)13-6-5-12(16)8-14(13)17/h5-6,8,11,15H,2-4,7,9-10,18H2,1H3. The van der Waals surface area contributed by atoms with Gasteiger partial charge in [0.1, 0.15) is 11.6 Å². The van der Waals surface area contributed by atoms with Crippen LogP contribution in [0.15, 0.2) is 18.2 Å². The summed E-state index contributed by atoms with van der Waals surface area (Å²) in [4.78, 5) is 2.24. The second kappa shape index (κ2) is 6.44. The van der Waals surface area contributed by atoms with E-state index >= 15 is 0 Å². The SMILES string of the molecule is CCC1CCCN(C(CN)c2ccc(F)cc2F)C1. The van der Waals surface area contributed by atoms with E-state index in [0.29, 0.717) is 18.0 Å². The third-order valence-corrected chi connectivity index (χ3v) is 4.11. The fourth-order valence-corrected chi connectivity index (χ4v) is 2.96. The molecule has 0 bridgehead atoms. The van der Waals surface area contributed by atoms with E-state index in [1.807, 2.05) is 0 Å². The molecule has 1 heterocycles. The van der Waals surface area contributed by atoms with Crippen LogP contribution < -0.4 is 5.73 Å². The zero-order valence-electron chi connectivity index (χ0n) is 11.4. The molecular weight excluding hydrogens is 246 g/mol. The first-order valence-corrected chi connectivity index (χ1v) is 7.04. The predicted octanol–water partition coefficient (Wildman–Crippen LogP) is 3.09. The third-order valence-electron chi connectivity index (χ3n) is 4.11. The van der Waals surface area contributed by atoms with Gasteiger partial charge in [-0.15, -0.1) is 0 Å². The van der Waals surface area contributed by atoms with Crippen LogP contribution in [0.2, 0.25) is 0 Å². The van der Waals surface area contributed by atoms with Crippen LogP contribution in [-0.2, 0) is 0 Å². The van der Waals surface area contributed by atoms with E-state index in [0.717, 1.165) is 32.0 Å². The van der Waals surface area contributed by atoms with Gasteiger partial charge >= 0.3 is 0 Å². The van der Waals surface area contributed by atoms with Gasteiger partial charge in [-0.3, -0.25) is 4.90 Å². The van der Waals surface area contributed by atoms with Crippen LogP contribution >= 0.6 is 0 Å². The normalized spacial score (nSPS) is 22.4. The fourth-order valence-electron chi connectivity index (χ4n) is 2.96. The molecule has 1 fully saturated rings. The monoisotopic (exact) mass is 268 g/mol. The number of benzene rings is 1. The molecule has 1 aromatic carbocycles. The summed E-state index contributed by atoms with van der Waals surface area (Å²) in [5, 5.41) is 0. The van der Waals surface area contributed by atoms with E-state index in [4.69, 9.17) is 5.73 Å². The topological polar surface area (TPSA) is 29.3 Å². The zero-order valence-corrected chi connectivity index (χ0v) is 11.4. The highest BCUT2D eigenvalue weighted by Crippen LogP contribution is 2.29. The maximum absolute atomic E-state index is 13.9. The van der Waals surface area contributed by atoms with Crippen LogP contribution in [0.3, 0.4) is 0 Å². The van der Waals surface area contributed by atoms with Crippen LogP contribution in [-0.4, -0.2) is 24.5 Å². The van der Waals surface area contributed by atoms with E-state index in [2.05, 4.69) is 11.8 Å². The molecule has 1 aromatic rings. The lowest BCUT2D eigenvalue weighted by Crippen LogP contribution is -2.41. The maximum Gasteiger partial charge on any atom is 0.130 e. The second-order valence-corrected chi connectivity index (χ2v) is 5.33. The molecule has 0 saturated carbocycles. The van der Waals surface area contributed by atoms with Crippen molar-refractivity contribution in [1.29, 1.82) is 0 Å². The molecule has 106 valence electrons. The van der Waals surface area contributed by atoms with Crippen molar-refractivity contribution < 1.29 is 8.78 Å². The summed E-state index contributed by atoms with van der Waals surface area (Å²) in [6, 6.07) is 3.63. The minimum atomic E-state index is -0.540. The molecule has 19 heavy (non-hydrogen) atoms. The van der Waals surface area contributed by atoms with Crippen LogP contribution in [0.5, 0.6) is 0 Å². The van der Waals surface area contributed by atoms with E-state index in [1.165, 1.54) is 18.6 Å². The Kier molecular flexibility index (Phi) is 4.88. The van der Waals surface area contributed by atoms with Crippen molar-refractivity contribution in [2.24, 2.45) is 11.7 Å². The molecule has 0 aliphatic carbocycles. The average Bonchev–Trinajstić information content (AvgIpc) is 2.42. The molecule has 2 nitrogen and oxygen atoms in total. The largest absolute Gasteiger partial charge is 0.329 e. The van der Waals surface area contributed by atoms with Gasteiger partial charge in [-0.1, -0.05) is 19.4 Å². The first-order chi connectivity index (χ1) is 9.15. The molecule has 0 spiro atoms. The fraction of sp³-hybridized carbons (Fsp3) is 0.600. The summed E-state index contributed by atoms with van der Waals surface area (Å²) in [5.41, 5.74) is 6.34. The van der Waals surface area contributed by atoms with Crippen LogP contribution in [0.1, 0.15) is 37.8 Å². The summed E-state index contributed by atoms with van der Waals surface area (Å²) < 4.78 is 26.9. The molecular formula is C15H22F2N2. The van der Waals surface area contributed by atoms with Crippen molar-refractivity contribution >= 4 is 0 Å². The van der Waals surface area contributed by atoms with Crippen LogP contribution in [0.25, 0.3) is 0 Å². The van der Waals surface area contributed by atoms with Gasteiger partial charge in [0.05, 0.1) is 0 Å². The number of piperidine rings is 1. The molecule has 1 saturated heterocycles. The Hall–Kier alpha value is -1.00. The van der Waals surface area contributed by atoms with E-state index in [-0.39, 0.29) is 6.04 Å². The van der Waals surface area contributed by atoms with Gasteiger partial charge in [0, 0.05) is 30.8 Å². The van der Waals surface area contributed by atoms with E-state index in [1.54, 1.807) is 0 Å². The molecule has 2 atom stereocenters. The number of rotatable bonds is 4. The molecule has 0 radical (unpaired) electrons. The van der Waals surface area contributed by atoms with Gasteiger partial charge in [-0.2, -0.15) is 0 Å². The Labute approximate surface area is 113 Å². The quantitative estimate of drug-likeness (QED) is 0.909. The Morgan fingerprint density at radius 3 is 2.84 bits per heavy atom. The van der Waals surface area contributed by atoms with Crippen molar-refractivity contribution in [3.63, 3.8) is 0 Å². The highest BCUT2D eigenvalue weighted by atomic mass is 19.1. The van der Waals surface area contributed by atoms with E-state index in [9.17, 15) is 8.78 Å². The van der Waals surface area contributed by atoms with Crippen molar-refractivity contribution in [3.05, 3.63) is 35.4 Å². The highest BCUT2D eigenvalue weighted by Gasteiger charge is 2.27. The summed E-state index contributed by atoms with van der Waals surface area (Å²) >= 11 is 0. The number of likely N-dealkylation sites (tertiary alicyclic amines) is 1. The molecule has 2 N–H and O–H groups in total. The minimum absolute atomic E-state index is 0.144. The Balaban J connectivity index is 2.19. The van der Waals surface area contributed by atoms with Gasteiger partial charge in [-0.05, 0) is 31.4 Å². The Morgan fingerprint density at radius 2 is 2.21 bits per heavy atom. The van der Waals surface area contributed by atoms with Crippen LogP contribution in [0, 0.1) is 17.6 Å². The maximum atomic E-state index is 13.9. The smallest absolute Gasteiger partial charge is 0.130 e. The zero-order chi connectivity index (χ0) is 13.8. The molecule has 0 amide bonds. The number of hydrogen-bond acceptors (Lipinski definition) is 2. The number of nitrogens with zero attached hydrogens (tertiary/aromatic N) is 1. The minimum Gasteiger partial charge on any atom is -0.329 e. The Bertz CT molecular complexity index is 423. The van der Waals surface area contributed by atoms with Gasteiger partial charge in [-0.25, -0.2) is 8.78 Å². The molecule has 2 rings (SSSR count). The van der Waals surface area contributed by atoms with Gasteiger partial charge < -0.3 is 5.73 Å². The summed E-state index contributed by atoms with van der Waals surface area (Å²) in [6.45, 7) is 4.44. The average molecular weight is 268 g/mol. The van der Waals surface area contributed by atoms with Crippen molar-refractivity contribution in [2.75, 3.05) is 19.6 Å². The van der Waals surface area contributed by atoms with Crippen molar-refractivity contribution in [3.8, 4) is 0 Å². The van der Waals surface area contributed by atoms with Crippen molar-refractivity contribution in [1.82, 2.24) is 4.90 Å². The summed E-state index contributed by atoms with van der Waals surface area (Å²) in [5.74, 6) is -0.373. The highest BCUT2D eigenvalue weighted by molar-refractivity contribution is 5.22. The lowest BCUT2D eigenvalue weighted by Gasteiger charge is -2.38. The third kappa shape index (κ3) is 3.31. The summed E-state index contributed by atoms with van der Waals surface area (Å²) in [6.07, 6.45) is 3.49. The van der Waals surface area contributed by atoms with Crippen LogP contribution in [0.4, 0.5) is 8.78 Å². The Morgan fingerprint density at radius 1 is 1.42 bits per heavy atom. The molecule has 1 aliphatic rings. The first kappa shape index (κ1) is 14.4. The molecule has 0 aromatic heterocycles. The predicted molar refractivity (Wildman–Crippen MR) is 72.7 cm³/mol. The number of halogens is 2. The number of hydrogen-bond donors (Lipinski definition) is 1.